The van der Waals surface area contributed by atoms with Crippen molar-refractivity contribution in [3.8, 4) is 0 Å². The molecule has 0 aliphatic carbocycles. The second kappa shape index (κ2) is 4.72. The Morgan fingerprint density at radius 3 is 2.79 bits per heavy atom. The summed E-state index contributed by atoms with van der Waals surface area (Å²) in [6.45, 7) is 7.30. The van der Waals surface area contributed by atoms with Crippen molar-refractivity contribution >= 4 is 17.7 Å². The number of nitrogens with one attached hydrogen (secondary N) is 1. The average Bonchev–Trinajstić information content (AvgIpc) is 2.16. The molecule has 0 atom stereocenters. The summed E-state index contributed by atoms with van der Waals surface area (Å²) in [4.78, 5) is 11.4. The van der Waals surface area contributed by atoms with E-state index >= 15 is 0 Å². The minimum atomic E-state index is -0.852. The molecule has 14 heavy (non-hydrogen) atoms. The van der Waals surface area contributed by atoms with E-state index in [9.17, 15) is 4.79 Å². The standard InChI is InChI=1S/C10H11NO2S/c1-3-8-9(4-2)14-6-7(11-8)5-10(12)13/h3-4,6,11H,1-2,5H2,(H,12,13). The lowest BCUT2D eigenvalue weighted by molar-refractivity contribution is -0.136. The molecule has 0 spiro atoms. The number of hydrogen-bond donors (Lipinski definition) is 2. The van der Waals surface area contributed by atoms with Crippen LogP contribution in [0.3, 0.4) is 0 Å². The third-order valence-electron chi connectivity index (χ3n) is 1.62. The van der Waals surface area contributed by atoms with Crippen molar-refractivity contribution in [1.29, 1.82) is 0 Å². The largest absolute Gasteiger partial charge is 0.481 e. The predicted octanol–water partition coefficient (Wildman–Crippen LogP) is 2.22. The van der Waals surface area contributed by atoms with Gasteiger partial charge in [-0.25, -0.2) is 0 Å². The molecule has 4 heteroatoms. The Kier molecular flexibility index (Phi) is 3.59. The Morgan fingerprint density at radius 2 is 2.29 bits per heavy atom. The van der Waals surface area contributed by atoms with Crippen LogP contribution in [0.4, 0.5) is 0 Å². The molecule has 0 unspecified atom stereocenters. The molecule has 1 heterocycles. The van der Waals surface area contributed by atoms with Gasteiger partial charge in [-0.2, -0.15) is 0 Å². The maximum Gasteiger partial charge on any atom is 0.309 e. The summed E-state index contributed by atoms with van der Waals surface area (Å²) >= 11 is 1.45. The van der Waals surface area contributed by atoms with Crippen LogP contribution in [-0.4, -0.2) is 11.1 Å². The molecule has 2 N–H and O–H groups in total. The van der Waals surface area contributed by atoms with Crippen molar-refractivity contribution in [1.82, 2.24) is 5.32 Å². The topological polar surface area (TPSA) is 49.3 Å². The Labute approximate surface area is 86.9 Å². The number of rotatable bonds is 4. The smallest absolute Gasteiger partial charge is 0.309 e. The third kappa shape index (κ3) is 2.53. The number of carboxylic acid groups (broad SMARTS) is 1. The molecule has 1 rings (SSSR count). The summed E-state index contributed by atoms with van der Waals surface area (Å²) in [5.74, 6) is -0.852. The zero-order valence-corrected chi connectivity index (χ0v) is 8.43. The molecule has 0 aromatic heterocycles. The molecule has 0 aromatic carbocycles. The quantitative estimate of drug-likeness (QED) is 0.745. The van der Waals surface area contributed by atoms with Gasteiger partial charge in [-0.15, -0.1) is 0 Å². The van der Waals surface area contributed by atoms with E-state index in [0.29, 0.717) is 5.70 Å². The van der Waals surface area contributed by atoms with Crippen molar-refractivity contribution in [2.75, 3.05) is 0 Å². The highest BCUT2D eigenvalue weighted by Gasteiger charge is 2.11. The van der Waals surface area contributed by atoms with E-state index in [1.54, 1.807) is 17.6 Å². The lowest BCUT2D eigenvalue weighted by Crippen LogP contribution is -2.17. The van der Waals surface area contributed by atoms with Crippen molar-refractivity contribution in [2.24, 2.45) is 0 Å². The Bertz CT molecular complexity index is 342. The van der Waals surface area contributed by atoms with Gasteiger partial charge in [0, 0.05) is 10.6 Å². The summed E-state index contributed by atoms with van der Waals surface area (Å²) in [5.41, 5.74) is 1.48. The van der Waals surface area contributed by atoms with Gasteiger partial charge in [0.05, 0.1) is 12.1 Å². The average molecular weight is 209 g/mol. The summed E-state index contributed by atoms with van der Waals surface area (Å²) in [6, 6.07) is 0. The molecule has 0 saturated heterocycles. The monoisotopic (exact) mass is 209 g/mol. The zero-order chi connectivity index (χ0) is 10.6. The molecular formula is C10H11NO2S. The second-order valence-corrected chi connectivity index (χ2v) is 3.55. The highest BCUT2D eigenvalue weighted by atomic mass is 32.2. The lowest BCUT2D eigenvalue weighted by atomic mass is 10.3. The maximum absolute atomic E-state index is 10.5. The number of aliphatic carboxylic acids is 1. The molecule has 0 radical (unpaired) electrons. The van der Waals surface area contributed by atoms with Crippen LogP contribution in [0.1, 0.15) is 6.42 Å². The van der Waals surface area contributed by atoms with Gasteiger partial charge in [0.15, 0.2) is 0 Å². The molecule has 0 saturated carbocycles. The van der Waals surface area contributed by atoms with Crippen LogP contribution in [0, 0.1) is 0 Å². The fourth-order valence-corrected chi connectivity index (χ4v) is 1.79. The highest BCUT2D eigenvalue weighted by molar-refractivity contribution is 8.06. The Hall–Kier alpha value is -1.42. The Balaban J connectivity index is 2.75. The van der Waals surface area contributed by atoms with Crippen molar-refractivity contribution in [3.05, 3.63) is 47.0 Å². The van der Waals surface area contributed by atoms with Gasteiger partial charge in [-0.05, 0) is 11.5 Å². The summed E-state index contributed by atoms with van der Waals surface area (Å²) < 4.78 is 0. The van der Waals surface area contributed by atoms with Crippen molar-refractivity contribution < 1.29 is 9.90 Å². The predicted molar refractivity (Wildman–Crippen MR) is 58.5 cm³/mol. The van der Waals surface area contributed by atoms with Crippen molar-refractivity contribution in [2.45, 2.75) is 6.42 Å². The van der Waals surface area contributed by atoms with Crippen LogP contribution < -0.4 is 5.32 Å². The Morgan fingerprint density at radius 1 is 1.57 bits per heavy atom. The van der Waals surface area contributed by atoms with Crippen molar-refractivity contribution in [3.63, 3.8) is 0 Å². The zero-order valence-electron chi connectivity index (χ0n) is 7.62. The first-order valence-electron chi connectivity index (χ1n) is 4.01. The summed E-state index contributed by atoms with van der Waals surface area (Å²) in [6.07, 6.45) is 3.36. The van der Waals surface area contributed by atoms with E-state index in [1.807, 2.05) is 0 Å². The number of allylic oxidation sites excluding steroid dienone is 2. The summed E-state index contributed by atoms with van der Waals surface area (Å²) in [5, 5.41) is 13.4. The van der Waals surface area contributed by atoms with Crippen LogP contribution in [-0.2, 0) is 4.79 Å². The number of carbonyl (C=O) groups is 1. The van der Waals surface area contributed by atoms with Crippen LogP contribution >= 0.6 is 11.8 Å². The molecule has 0 bridgehead atoms. The first-order chi connectivity index (χ1) is 6.67. The fourth-order valence-electron chi connectivity index (χ4n) is 1.02. The molecule has 0 fully saturated rings. The van der Waals surface area contributed by atoms with Crippen LogP contribution in [0.25, 0.3) is 0 Å². The number of hydrogen-bond acceptors (Lipinski definition) is 3. The number of carboxylic acids is 1. The van der Waals surface area contributed by atoms with E-state index < -0.39 is 5.97 Å². The van der Waals surface area contributed by atoms with Gasteiger partial charge in [-0.1, -0.05) is 31.0 Å². The molecule has 74 valence electrons. The SMILES string of the molecule is C=CC1=C(C=C)SC=C(CC(=O)O)N1. The lowest BCUT2D eigenvalue weighted by Gasteiger charge is -2.17. The van der Waals surface area contributed by atoms with Gasteiger partial charge >= 0.3 is 5.97 Å². The fraction of sp³-hybridized carbons (Fsp3) is 0.100. The normalized spacial score (nSPS) is 15.6. The van der Waals surface area contributed by atoms with E-state index in [4.69, 9.17) is 5.11 Å². The van der Waals surface area contributed by atoms with Crippen LogP contribution in [0.15, 0.2) is 47.0 Å². The maximum atomic E-state index is 10.5. The minimum absolute atomic E-state index is 0.00520. The van der Waals surface area contributed by atoms with E-state index in [-0.39, 0.29) is 6.42 Å². The van der Waals surface area contributed by atoms with Gasteiger partial charge in [0.2, 0.25) is 0 Å². The molecular weight excluding hydrogens is 198 g/mol. The third-order valence-corrected chi connectivity index (χ3v) is 2.66. The molecule has 0 amide bonds. The first-order valence-corrected chi connectivity index (χ1v) is 4.89. The van der Waals surface area contributed by atoms with Gasteiger partial charge in [0.1, 0.15) is 0 Å². The van der Waals surface area contributed by atoms with Gasteiger partial charge < -0.3 is 10.4 Å². The number of thioether (sulfide) groups is 1. The highest BCUT2D eigenvalue weighted by Crippen LogP contribution is 2.28. The van der Waals surface area contributed by atoms with Crippen LogP contribution in [0.5, 0.6) is 0 Å². The minimum Gasteiger partial charge on any atom is -0.481 e. The second-order valence-electron chi connectivity index (χ2n) is 2.64. The van der Waals surface area contributed by atoms with E-state index in [1.165, 1.54) is 11.8 Å². The van der Waals surface area contributed by atoms with E-state index in [0.717, 1.165) is 10.6 Å². The summed E-state index contributed by atoms with van der Waals surface area (Å²) in [7, 11) is 0. The van der Waals surface area contributed by atoms with Gasteiger partial charge in [-0.3, -0.25) is 4.79 Å². The first kappa shape index (κ1) is 10.7. The van der Waals surface area contributed by atoms with Gasteiger partial charge in [0.25, 0.3) is 0 Å². The van der Waals surface area contributed by atoms with Crippen LogP contribution in [0.2, 0.25) is 0 Å². The molecule has 0 aromatic rings. The molecule has 1 aliphatic heterocycles. The molecule has 1 aliphatic rings. The molecule has 3 nitrogen and oxygen atoms in total. The van der Waals surface area contributed by atoms with E-state index in [2.05, 4.69) is 18.5 Å².